The van der Waals surface area contributed by atoms with Crippen molar-refractivity contribution in [3.8, 4) is 5.69 Å². The molecule has 6 heteroatoms. The van der Waals surface area contributed by atoms with Crippen LogP contribution in [0.1, 0.15) is 29.8 Å². The molecule has 0 saturated heterocycles. The number of aryl methyl sites for hydroxylation is 2. The molecule has 0 aliphatic carbocycles. The molecule has 31 heavy (non-hydrogen) atoms. The van der Waals surface area contributed by atoms with E-state index < -0.39 is 0 Å². The van der Waals surface area contributed by atoms with Crippen molar-refractivity contribution in [1.29, 1.82) is 0 Å². The molecular formula is C25H23N5O. The van der Waals surface area contributed by atoms with E-state index in [1.165, 1.54) is 0 Å². The minimum Gasteiger partial charge on any atom is -0.361 e. The van der Waals surface area contributed by atoms with Crippen molar-refractivity contribution >= 4 is 27.6 Å². The van der Waals surface area contributed by atoms with Gasteiger partial charge in [-0.2, -0.15) is 0 Å². The number of nitrogens with one attached hydrogen (secondary N) is 2. The summed E-state index contributed by atoms with van der Waals surface area (Å²) in [5, 5.41) is 6.15. The van der Waals surface area contributed by atoms with Gasteiger partial charge in [0.1, 0.15) is 17.8 Å². The third-order valence-corrected chi connectivity index (χ3v) is 5.76. The molecule has 0 amide bonds. The minimum atomic E-state index is -0.176. The molecule has 3 aromatic heterocycles. The predicted molar refractivity (Wildman–Crippen MR) is 125 cm³/mol. The molecule has 6 nitrogen and oxygen atoms in total. The average Bonchev–Trinajstić information content (AvgIpc) is 3.16. The van der Waals surface area contributed by atoms with Gasteiger partial charge >= 0.3 is 0 Å². The average molecular weight is 409 g/mol. The van der Waals surface area contributed by atoms with Crippen molar-refractivity contribution in [1.82, 2.24) is 19.5 Å². The normalized spacial score (nSPS) is 12.4. The van der Waals surface area contributed by atoms with Gasteiger partial charge in [-0.3, -0.25) is 9.36 Å². The number of hydrogen-bond donors (Lipinski definition) is 2. The SMILES string of the molecule is Cc1c[nH]c2ncnc(NC(C)c3cc4cccc(C)c4c(=O)n3-c3ccccc3)c12. The number of nitrogens with zero attached hydrogens (tertiary/aromatic N) is 3. The maximum absolute atomic E-state index is 13.7. The Kier molecular flexibility index (Phi) is 4.55. The zero-order valence-electron chi connectivity index (χ0n) is 17.7. The van der Waals surface area contributed by atoms with Crippen LogP contribution in [0.2, 0.25) is 0 Å². The summed E-state index contributed by atoms with van der Waals surface area (Å²) in [6.07, 6.45) is 3.47. The molecule has 1 atom stereocenters. The number of fused-ring (bicyclic) bond motifs is 2. The van der Waals surface area contributed by atoms with Gasteiger partial charge in [0.15, 0.2) is 0 Å². The van der Waals surface area contributed by atoms with Crippen LogP contribution in [0.5, 0.6) is 0 Å². The standard InChI is InChI=1S/C25H23N5O/c1-15-8-7-9-18-12-20(30(25(31)21(15)18)19-10-5-4-6-11-19)17(3)29-24-22-16(2)13-26-23(22)27-14-28-24/h4-14,17H,1-3H3,(H2,26,27,28,29). The molecule has 0 radical (unpaired) electrons. The fourth-order valence-electron chi connectivity index (χ4n) is 4.22. The zero-order chi connectivity index (χ0) is 21.5. The van der Waals surface area contributed by atoms with Crippen molar-refractivity contribution in [2.75, 3.05) is 5.32 Å². The molecule has 5 rings (SSSR count). The van der Waals surface area contributed by atoms with Crippen molar-refractivity contribution in [3.05, 3.63) is 94.3 Å². The molecule has 0 bridgehead atoms. The van der Waals surface area contributed by atoms with E-state index in [0.717, 1.165) is 50.1 Å². The lowest BCUT2D eigenvalue weighted by Crippen LogP contribution is -2.26. The van der Waals surface area contributed by atoms with Crippen molar-refractivity contribution in [3.63, 3.8) is 0 Å². The highest BCUT2D eigenvalue weighted by Gasteiger charge is 2.19. The number of anilines is 1. The van der Waals surface area contributed by atoms with Crippen molar-refractivity contribution in [2.45, 2.75) is 26.8 Å². The van der Waals surface area contributed by atoms with Crippen LogP contribution in [0.4, 0.5) is 5.82 Å². The summed E-state index contributed by atoms with van der Waals surface area (Å²) in [6.45, 7) is 6.05. The molecule has 0 spiro atoms. The first-order valence-electron chi connectivity index (χ1n) is 10.3. The Labute approximate surface area is 179 Å². The van der Waals surface area contributed by atoms with Gasteiger partial charge in [-0.25, -0.2) is 9.97 Å². The van der Waals surface area contributed by atoms with Crippen LogP contribution >= 0.6 is 0 Å². The second-order valence-corrected chi connectivity index (χ2v) is 7.87. The summed E-state index contributed by atoms with van der Waals surface area (Å²) < 4.78 is 1.80. The lowest BCUT2D eigenvalue weighted by Gasteiger charge is -2.22. The van der Waals surface area contributed by atoms with Gasteiger partial charge in [0.25, 0.3) is 5.56 Å². The van der Waals surface area contributed by atoms with E-state index in [2.05, 4.69) is 26.3 Å². The van der Waals surface area contributed by atoms with Crippen LogP contribution in [-0.2, 0) is 0 Å². The van der Waals surface area contributed by atoms with E-state index in [1.807, 2.05) is 75.5 Å². The summed E-state index contributed by atoms with van der Waals surface area (Å²) in [5.41, 5.74) is 4.52. The summed E-state index contributed by atoms with van der Waals surface area (Å²) in [7, 11) is 0. The van der Waals surface area contributed by atoms with E-state index in [-0.39, 0.29) is 11.6 Å². The first-order valence-corrected chi connectivity index (χ1v) is 10.3. The third-order valence-electron chi connectivity index (χ3n) is 5.76. The van der Waals surface area contributed by atoms with Gasteiger partial charge in [-0.05, 0) is 55.5 Å². The maximum atomic E-state index is 13.7. The highest BCUT2D eigenvalue weighted by atomic mass is 16.1. The summed E-state index contributed by atoms with van der Waals surface area (Å²) >= 11 is 0. The molecule has 0 saturated carbocycles. The Balaban J connectivity index is 1.71. The number of para-hydroxylation sites is 1. The Hall–Kier alpha value is -3.93. The van der Waals surface area contributed by atoms with Crippen LogP contribution < -0.4 is 10.9 Å². The van der Waals surface area contributed by atoms with Gasteiger partial charge in [0.2, 0.25) is 0 Å². The molecule has 0 aliphatic rings. The van der Waals surface area contributed by atoms with Gasteiger partial charge in [-0.1, -0.05) is 36.4 Å². The molecule has 1 unspecified atom stereocenters. The Bertz CT molecular complexity index is 1470. The lowest BCUT2D eigenvalue weighted by atomic mass is 10.0. The number of benzene rings is 2. The van der Waals surface area contributed by atoms with Gasteiger partial charge in [-0.15, -0.1) is 0 Å². The molecule has 3 heterocycles. The molecule has 154 valence electrons. The van der Waals surface area contributed by atoms with E-state index >= 15 is 0 Å². The van der Waals surface area contributed by atoms with Crippen LogP contribution in [0.25, 0.3) is 27.5 Å². The van der Waals surface area contributed by atoms with E-state index in [0.29, 0.717) is 0 Å². The Morgan fingerprint density at radius 2 is 1.77 bits per heavy atom. The van der Waals surface area contributed by atoms with E-state index in [9.17, 15) is 4.79 Å². The first kappa shape index (κ1) is 19.1. The van der Waals surface area contributed by atoms with Crippen LogP contribution in [0.15, 0.2) is 71.9 Å². The Morgan fingerprint density at radius 1 is 0.968 bits per heavy atom. The maximum Gasteiger partial charge on any atom is 0.263 e. The van der Waals surface area contributed by atoms with Crippen molar-refractivity contribution < 1.29 is 0 Å². The number of H-pyrrole nitrogens is 1. The molecular weight excluding hydrogens is 386 g/mol. The van der Waals surface area contributed by atoms with E-state index in [1.54, 1.807) is 10.9 Å². The largest absolute Gasteiger partial charge is 0.361 e. The number of pyridine rings is 1. The second-order valence-electron chi connectivity index (χ2n) is 7.87. The molecule has 0 fully saturated rings. The number of hydrogen-bond acceptors (Lipinski definition) is 4. The summed E-state index contributed by atoms with van der Waals surface area (Å²) in [6, 6.07) is 17.6. The summed E-state index contributed by atoms with van der Waals surface area (Å²) in [5.74, 6) is 0.743. The van der Waals surface area contributed by atoms with Crippen LogP contribution in [0.3, 0.4) is 0 Å². The third kappa shape index (κ3) is 3.17. The first-order chi connectivity index (χ1) is 15.0. The molecule has 0 aliphatic heterocycles. The van der Waals surface area contributed by atoms with Gasteiger partial charge in [0, 0.05) is 17.6 Å². The monoisotopic (exact) mass is 409 g/mol. The molecule has 5 aromatic rings. The smallest absolute Gasteiger partial charge is 0.263 e. The topological polar surface area (TPSA) is 75.6 Å². The quantitative estimate of drug-likeness (QED) is 0.435. The predicted octanol–water partition coefficient (Wildman–Crippen LogP) is 5.05. The lowest BCUT2D eigenvalue weighted by molar-refractivity contribution is 0.774. The fourth-order valence-corrected chi connectivity index (χ4v) is 4.22. The van der Waals surface area contributed by atoms with Gasteiger partial charge in [0.05, 0.1) is 16.8 Å². The fraction of sp³-hybridized carbons (Fsp3) is 0.160. The van der Waals surface area contributed by atoms with Crippen molar-refractivity contribution in [2.24, 2.45) is 0 Å². The number of rotatable bonds is 4. The summed E-state index contributed by atoms with van der Waals surface area (Å²) in [4.78, 5) is 25.6. The molecule has 2 aromatic carbocycles. The highest BCUT2D eigenvalue weighted by molar-refractivity contribution is 5.90. The van der Waals surface area contributed by atoms with Gasteiger partial charge < -0.3 is 10.3 Å². The minimum absolute atomic E-state index is 0.0175. The molecule has 2 N–H and O–H groups in total. The number of aromatic nitrogens is 4. The van der Waals surface area contributed by atoms with Crippen LogP contribution in [0, 0.1) is 13.8 Å². The Morgan fingerprint density at radius 3 is 2.58 bits per heavy atom. The highest BCUT2D eigenvalue weighted by Crippen LogP contribution is 2.28. The van der Waals surface area contributed by atoms with E-state index in [4.69, 9.17) is 0 Å². The number of aromatic amines is 1. The zero-order valence-corrected chi connectivity index (χ0v) is 17.7. The second kappa shape index (κ2) is 7.40. The van der Waals surface area contributed by atoms with Crippen LogP contribution in [-0.4, -0.2) is 19.5 Å².